The van der Waals surface area contributed by atoms with E-state index >= 15 is 0 Å². The number of rotatable bonds is 0. The number of benzene rings is 3. The Morgan fingerprint density at radius 3 is 2.56 bits per heavy atom. The van der Waals surface area contributed by atoms with Crippen molar-refractivity contribution in [1.82, 2.24) is 0 Å². The quantitative estimate of drug-likeness (QED) is 0.419. The monoisotopic (exact) mass is 296 g/mol. The molecule has 0 saturated heterocycles. The SMILES string of the molecule is Cc1cccc2cc3c(cc12)[se]c1ccccc13. The molecule has 0 aliphatic rings. The van der Waals surface area contributed by atoms with Gasteiger partial charge in [0.25, 0.3) is 0 Å². The van der Waals surface area contributed by atoms with Gasteiger partial charge in [0, 0.05) is 0 Å². The van der Waals surface area contributed by atoms with Gasteiger partial charge in [-0.25, -0.2) is 0 Å². The van der Waals surface area contributed by atoms with E-state index < -0.39 is 0 Å². The molecule has 0 nitrogen and oxygen atoms in total. The molecule has 0 aliphatic carbocycles. The fraction of sp³-hybridized carbons (Fsp3) is 0.0588. The maximum atomic E-state index is 2.40. The van der Waals surface area contributed by atoms with Crippen LogP contribution in [0.25, 0.3) is 30.1 Å². The molecule has 0 amide bonds. The fourth-order valence-corrected chi connectivity index (χ4v) is 5.02. The zero-order chi connectivity index (χ0) is 12.1. The Hall–Kier alpha value is -1.56. The minimum atomic E-state index is 0.475. The van der Waals surface area contributed by atoms with E-state index in [-0.39, 0.29) is 0 Å². The summed E-state index contributed by atoms with van der Waals surface area (Å²) in [4.78, 5) is 0. The van der Waals surface area contributed by atoms with Crippen LogP contribution in [-0.4, -0.2) is 14.5 Å². The van der Waals surface area contributed by atoms with Gasteiger partial charge in [-0.1, -0.05) is 0 Å². The minimum absolute atomic E-state index is 0.475. The normalized spacial score (nSPS) is 11.6. The van der Waals surface area contributed by atoms with Crippen molar-refractivity contribution in [3.63, 3.8) is 0 Å². The molecule has 0 atom stereocenters. The third-order valence-corrected chi connectivity index (χ3v) is 5.97. The van der Waals surface area contributed by atoms with Crippen LogP contribution in [0.4, 0.5) is 0 Å². The van der Waals surface area contributed by atoms with Gasteiger partial charge in [0.1, 0.15) is 0 Å². The molecule has 0 spiro atoms. The van der Waals surface area contributed by atoms with Crippen molar-refractivity contribution < 1.29 is 0 Å². The van der Waals surface area contributed by atoms with E-state index in [9.17, 15) is 0 Å². The number of hydrogen-bond acceptors (Lipinski definition) is 0. The van der Waals surface area contributed by atoms with Crippen molar-refractivity contribution in [3.8, 4) is 0 Å². The van der Waals surface area contributed by atoms with Crippen molar-refractivity contribution >= 4 is 44.6 Å². The topological polar surface area (TPSA) is 0 Å². The van der Waals surface area contributed by atoms with Gasteiger partial charge in [0.15, 0.2) is 0 Å². The van der Waals surface area contributed by atoms with Crippen LogP contribution >= 0.6 is 0 Å². The van der Waals surface area contributed by atoms with Crippen LogP contribution in [-0.2, 0) is 0 Å². The molecule has 86 valence electrons. The van der Waals surface area contributed by atoms with Gasteiger partial charge >= 0.3 is 112 Å². The second kappa shape index (κ2) is 3.71. The molecule has 1 heteroatoms. The zero-order valence-corrected chi connectivity index (χ0v) is 11.8. The second-order valence-corrected chi connectivity index (χ2v) is 7.02. The summed E-state index contributed by atoms with van der Waals surface area (Å²) in [6.45, 7) is 2.20. The number of hydrogen-bond donors (Lipinski definition) is 0. The average Bonchev–Trinajstić information content (AvgIpc) is 2.75. The first-order valence-corrected chi connectivity index (χ1v) is 7.85. The molecule has 0 radical (unpaired) electrons. The first-order chi connectivity index (χ1) is 8.83. The van der Waals surface area contributed by atoms with Crippen molar-refractivity contribution in [2.45, 2.75) is 6.92 Å². The van der Waals surface area contributed by atoms with E-state index in [0.29, 0.717) is 14.5 Å². The molecular formula is C17H12Se. The Kier molecular flexibility index (Phi) is 2.14. The Labute approximate surface area is 112 Å². The van der Waals surface area contributed by atoms with Crippen LogP contribution in [0.2, 0.25) is 0 Å². The van der Waals surface area contributed by atoms with Crippen LogP contribution in [0.3, 0.4) is 0 Å². The van der Waals surface area contributed by atoms with E-state index in [1.165, 1.54) is 35.6 Å². The molecule has 1 heterocycles. The van der Waals surface area contributed by atoms with Crippen LogP contribution in [0, 0.1) is 6.92 Å². The van der Waals surface area contributed by atoms with Crippen LogP contribution in [0.15, 0.2) is 54.6 Å². The molecule has 18 heavy (non-hydrogen) atoms. The standard InChI is InChI=1S/C17H12Se/c1-11-5-4-6-12-9-15-13-7-2-3-8-16(13)18-17(15)10-14(11)12/h2-10H,1H3. The molecule has 1 aromatic heterocycles. The van der Waals surface area contributed by atoms with Gasteiger partial charge in [-0.05, 0) is 0 Å². The summed E-state index contributed by atoms with van der Waals surface area (Å²) in [6.07, 6.45) is 0. The number of aryl methyl sites for hydroxylation is 1. The Morgan fingerprint density at radius 1 is 0.722 bits per heavy atom. The second-order valence-electron chi connectivity index (χ2n) is 4.74. The molecule has 0 bridgehead atoms. The molecule has 0 N–H and O–H groups in total. The molecule has 3 aromatic carbocycles. The van der Waals surface area contributed by atoms with Crippen molar-refractivity contribution in [3.05, 3.63) is 60.2 Å². The predicted molar refractivity (Wildman–Crippen MR) is 80.6 cm³/mol. The first kappa shape index (κ1) is 10.4. The van der Waals surface area contributed by atoms with Crippen LogP contribution < -0.4 is 0 Å². The van der Waals surface area contributed by atoms with Gasteiger partial charge in [-0.2, -0.15) is 0 Å². The van der Waals surface area contributed by atoms with E-state index in [1.54, 1.807) is 0 Å². The van der Waals surface area contributed by atoms with E-state index in [0.717, 1.165) is 0 Å². The summed E-state index contributed by atoms with van der Waals surface area (Å²) in [5.41, 5.74) is 1.38. The Morgan fingerprint density at radius 2 is 1.61 bits per heavy atom. The summed E-state index contributed by atoms with van der Waals surface area (Å²) >= 11 is 0.475. The zero-order valence-electron chi connectivity index (χ0n) is 10.1. The summed E-state index contributed by atoms with van der Waals surface area (Å²) in [5, 5.41) is 5.66. The van der Waals surface area contributed by atoms with E-state index in [1.807, 2.05) is 0 Å². The molecule has 0 saturated carbocycles. The summed E-state index contributed by atoms with van der Waals surface area (Å²) < 4.78 is 3.05. The molecule has 4 aromatic rings. The Balaban J connectivity index is 2.27. The average molecular weight is 295 g/mol. The predicted octanol–water partition coefficient (Wildman–Crippen LogP) is 4.51. The third kappa shape index (κ3) is 1.38. The van der Waals surface area contributed by atoms with Gasteiger partial charge in [-0.15, -0.1) is 0 Å². The molecule has 0 unspecified atom stereocenters. The van der Waals surface area contributed by atoms with Crippen molar-refractivity contribution in [2.24, 2.45) is 0 Å². The molecule has 0 aliphatic heterocycles. The summed E-state index contributed by atoms with van der Waals surface area (Å²) in [5.74, 6) is 0. The fourth-order valence-electron chi connectivity index (χ4n) is 2.65. The molecule has 0 fully saturated rings. The van der Waals surface area contributed by atoms with Crippen LogP contribution in [0.5, 0.6) is 0 Å². The van der Waals surface area contributed by atoms with Crippen molar-refractivity contribution in [2.75, 3.05) is 0 Å². The first-order valence-electron chi connectivity index (χ1n) is 6.13. The molecular weight excluding hydrogens is 283 g/mol. The maximum absolute atomic E-state index is 2.40. The third-order valence-electron chi connectivity index (χ3n) is 3.60. The van der Waals surface area contributed by atoms with E-state index in [4.69, 9.17) is 0 Å². The molecule has 4 rings (SSSR count). The van der Waals surface area contributed by atoms with E-state index in [2.05, 4.69) is 61.5 Å². The Bertz CT molecular complexity index is 884. The number of fused-ring (bicyclic) bond motifs is 4. The van der Waals surface area contributed by atoms with Gasteiger partial charge < -0.3 is 0 Å². The van der Waals surface area contributed by atoms with Crippen LogP contribution in [0.1, 0.15) is 5.56 Å². The van der Waals surface area contributed by atoms with Crippen molar-refractivity contribution in [1.29, 1.82) is 0 Å². The van der Waals surface area contributed by atoms with Gasteiger partial charge in [0.2, 0.25) is 0 Å². The summed E-state index contributed by atoms with van der Waals surface area (Å²) in [6, 6.07) is 20.2. The van der Waals surface area contributed by atoms with Gasteiger partial charge in [-0.3, -0.25) is 0 Å². The summed E-state index contributed by atoms with van der Waals surface area (Å²) in [7, 11) is 0. The van der Waals surface area contributed by atoms with Gasteiger partial charge in [0.05, 0.1) is 0 Å².